The summed E-state index contributed by atoms with van der Waals surface area (Å²) >= 11 is 0. The second-order valence-corrected chi connectivity index (χ2v) is 6.26. The minimum atomic E-state index is -4.20. The zero-order valence-electron chi connectivity index (χ0n) is 13.0. The van der Waals surface area contributed by atoms with Gasteiger partial charge in [0, 0.05) is 12.4 Å². The Labute approximate surface area is 137 Å². The Hall–Kier alpha value is -1.87. The summed E-state index contributed by atoms with van der Waals surface area (Å²) in [5.41, 5.74) is 2.72. The van der Waals surface area contributed by atoms with Crippen LogP contribution >= 0.6 is 0 Å². The fraction of sp³-hybridized carbons (Fsp3) is 0.600. The molecule has 9 heteroatoms. The number of allylic oxidation sites excluding steroid dienone is 1. The molecule has 2 aliphatic heterocycles. The number of carbonyl (C=O) groups excluding carboxylic acids is 1. The number of hydrogen-bond donors (Lipinski definition) is 1. The van der Waals surface area contributed by atoms with E-state index in [0.29, 0.717) is 6.54 Å². The second-order valence-electron chi connectivity index (χ2n) is 6.26. The Morgan fingerprint density at radius 2 is 2.12 bits per heavy atom. The van der Waals surface area contributed by atoms with Gasteiger partial charge in [-0.15, -0.1) is 0 Å². The summed E-state index contributed by atoms with van der Waals surface area (Å²) in [4.78, 5) is 21.6. The molecule has 2 N–H and O–H groups in total. The fourth-order valence-corrected chi connectivity index (χ4v) is 2.95. The van der Waals surface area contributed by atoms with Crippen LogP contribution in [0.25, 0.3) is 0 Å². The summed E-state index contributed by atoms with van der Waals surface area (Å²) in [6.07, 6.45) is 4.16. The van der Waals surface area contributed by atoms with Gasteiger partial charge in [-0.05, 0) is 37.5 Å². The third-order valence-electron chi connectivity index (χ3n) is 4.76. The molecule has 3 rings (SSSR count). The normalized spacial score (nSPS) is 28.5. The van der Waals surface area contributed by atoms with Gasteiger partial charge < -0.3 is 5.73 Å². The van der Waals surface area contributed by atoms with Gasteiger partial charge in [0.05, 0.1) is 25.1 Å². The quantitative estimate of drug-likeness (QED) is 0.794. The highest BCUT2D eigenvalue weighted by molar-refractivity contribution is 5.90. The van der Waals surface area contributed by atoms with Crippen LogP contribution in [0.2, 0.25) is 0 Å². The monoisotopic (exact) mass is 344 g/mol. The van der Waals surface area contributed by atoms with Crippen LogP contribution in [0.4, 0.5) is 13.2 Å². The third-order valence-corrected chi connectivity index (χ3v) is 4.76. The van der Waals surface area contributed by atoms with E-state index in [0.717, 1.165) is 0 Å². The van der Waals surface area contributed by atoms with Crippen molar-refractivity contribution in [3.8, 4) is 0 Å². The van der Waals surface area contributed by atoms with Crippen molar-refractivity contribution in [1.82, 2.24) is 10.2 Å². The molecule has 1 aliphatic carbocycles. The van der Waals surface area contributed by atoms with Gasteiger partial charge in [0.2, 0.25) is 0 Å². The Kier molecular flexibility index (Phi) is 4.16. The molecule has 6 nitrogen and oxygen atoms in total. The molecule has 3 aliphatic rings. The molecule has 132 valence electrons. The van der Waals surface area contributed by atoms with Gasteiger partial charge in [-0.25, -0.2) is 0 Å². The molecule has 0 bridgehead atoms. The van der Waals surface area contributed by atoms with Crippen molar-refractivity contribution < 1.29 is 22.8 Å². The van der Waals surface area contributed by atoms with Gasteiger partial charge in [0.15, 0.2) is 5.54 Å². The SMILES string of the molecule is NC(=O)C1(N2C=CCN2OCCC2(C(F)(F)F)CC2)C=CC=NC1. The molecular formula is C15H19F3N4O2. The molecule has 0 radical (unpaired) electrons. The zero-order valence-corrected chi connectivity index (χ0v) is 13.0. The van der Waals surface area contributed by atoms with Crippen molar-refractivity contribution in [3.05, 3.63) is 24.4 Å². The van der Waals surface area contributed by atoms with Crippen molar-refractivity contribution in [2.45, 2.75) is 31.0 Å². The molecule has 1 fully saturated rings. The predicted octanol–water partition coefficient (Wildman–Crippen LogP) is 1.56. The standard InChI is InChI=1S/C15H19F3N4O2/c16-15(17,18)13(4-5-13)6-10-24-22-9-2-8-21(22)14(12(19)23)3-1-7-20-11-14/h1-3,7-8H,4-6,9-11H2,(H2,19,23). The maximum absolute atomic E-state index is 13.0. The molecule has 1 unspecified atom stereocenters. The van der Waals surface area contributed by atoms with Crippen molar-refractivity contribution in [3.63, 3.8) is 0 Å². The van der Waals surface area contributed by atoms with Gasteiger partial charge in [-0.1, -0.05) is 5.17 Å². The first-order valence-electron chi connectivity index (χ1n) is 7.71. The van der Waals surface area contributed by atoms with Crippen molar-refractivity contribution in [1.29, 1.82) is 0 Å². The number of alkyl halides is 3. The lowest BCUT2D eigenvalue weighted by Gasteiger charge is -2.41. The van der Waals surface area contributed by atoms with Gasteiger partial charge >= 0.3 is 6.18 Å². The molecule has 0 aromatic rings. The van der Waals surface area contributed by atoms with E-state index in [4.69, 9.17) is 10.6 Å². The highest BCUT2D eigenvalue weighted by Crippen LogP contribution is 2.59. The average Bonchev–Trinajstić information content (AvgIpc) is 3.18. The fourth-order valence-electron chi connectivity index (χ4n) is 2.95. The molecule has 2 heterocycles. The first kappa shape index (κ1) is 17.0. The van der Waals surface area contributed by atoms with Crippen LogP contribution in [0.5, 0.6) is 0 Å². The maximum atomic E-state index is 13.0. The number of carbonyl (C=O) groups is 1. The Bertz CT molecular complexity index is 598. The van der Waals surface area contributed by atoms with Crippen LogP contribution in [-0.4, -0.2) is 53.7 Å². The number of rotatable bonds is 6. The van der Waals surface area contributed by atoms with E-state index in [-0.39, 0.29) is 32.4 Å². The van der Waals surface area contributed by atoms with Crippen LogP contribution in [-0.2, 0) is 9.63 Å². The van der Waals surface area contributed by atoms with Crippen LogP contribution in [0.1, 0.15) is 19.3 Å². The Morgan fingerprint density at radius 3 is 2.67 bits per heavy atom. The summed E-state index contributed by atoms with van der Waals surface area (Å²) in [5.74, 6) is -0.607. The van der Waals surface area contributed by atoms with Crippen molar-refractivity contribution in [2.75, 3.05) is 19.7 Å². The van der Waals surface area contributed by atoms with Crippen LogP contribution in [0.3, 0.4) is 0 Å². The molecule has 1 amide bonds. The highest BCUT2D eigenvalue weighted by Gasteiger charge is 2.62. The number of hydrazine groups is 1. The highest BCUT2D eigenvalue weighted by atomic mass is 19.4. The number of nitrogens with two attached hydrogens (primary N) is 1. The number of aliphatic imine (C=N–C) groups is 1. The minimum Gasteiger partial charge on any atom is -0.367 e. The van der Waals surface area contributed by atoms with Gasteiger partial charge in [0.1, 0.15) is 0 Å². The maximum Gasteiger partial charge on any atom is 0.394 e. The first-order valence-corrected chi connectivity index (χ1v) is 7.71. The van der Waals surface area contributed by atoms with Crippen LogP contribution in [0.15, 0.2) is 29.4 Å². The summed E-state index contributed by atoms with van der Waals surface area (Å²) in [6.45, 7) is 0.362. The topological polar surface area (TPSA) is 71.2 Å². The number of primary amides is 1. The number of amides is 1. The third kappa shape index (κ3) is 2.82. The molecule has 1 saturated carbocycles. The molecule has 0 aromatic heterocycles. The van der Waals surface area contributed by atoms with Gasteiger partial charge in [0.25, 0.3) is 5.91 Å². The van der Waals surface area contributed by atoms with Crippen molar-refractivity contribution >= 4 is 12.1 Å². The van der Waals surface area contributed by atoms with Gasteiger partial charge in [-0.2, -0.15) is 13.2 Å². The van der Waals surface area contributed by atoms with E-state index in [2.05, 4.69) is 4.99 Å². The predicted molar refractivity (Wildman–Crippen MR) is 80.4 cm³/mol. The smallest absolute Gasteiger partial charge is 0.367 e. The first-order chi connectivity index (χ1) is 11.3. The lowest BCUT2D eigenvalue weighted by Crippen LogP contribution is -2.61. The molecule has 0 spiro atoms. The minimum absolute atomic E-state index is 0.0838. The Morgan fingerprint density at radius 1 is 1.38 bits per heavy atom. The Balaban J connectivity index is 1.63. The lowest BCUT2D eigenvalue weighted by molar-refractivity contribution is -0.278. The van der Waals surface area contributed by atoms with E-state index >= 15 is 0 Å². The van der Waals surface area contributed by atoms with Crippen molar-refractivity contribution in [2.24, 2.45) is 16.1 Å². The number of hydrogen-bond acceptors (Lipinski definition) is 5. The van der Waals surface area contributed by atoms with E-state index in [1.807, 2.05) is 0 Å². The summed E-state index contributed by atoms with van der Waals surface area (Å²) in [5, 5.41) is 2.86. The number of halogens is 3. The molecule has 1 atom stereocenters. The molecular weight excluding hydrogens is 325 g/mol. The van der Waals surface area contributed by atoms with E-state index in [9.17, 15) is 18.0 Å². The van der Waals surface area contributed by atoms with E-state index < -0.39 is 23.0 Å². The summed E-state index contributed by atoms with van der Waals surface area (Å²) in [6, 6.07) is 0. The number of dihydropyridines is 1. The zero-order chi connectivity index (χ0) is 17.4. The largest absolute Gasteiger partial charge is 0.394 e. The average molecular weight is 344 g/mol. The van der Waals surface area contributed by atoms with Crippen LogP contribution < -0.4 is 5.73 Å². The van der Waals surface area contributed by atoms with Gasteiger partial charge in [-0.3, -0.25) is 19.6 Å². The van der Waals surface area contributed by atoms with E-state index in [1.165, 1.54) is 10.2 Å². The summed E-state index contributed by atoms with van der Waals surface area (Å²) in [7, 11) is 0. The molecule has 0 aromatic carbocycles. The summed E-state index contributed by atoms with van der Waals surface area (Å²) < 4.78 is 38.9. The molecule has 24 heavy (non-hydrogen) atoms. The number of hydroxylamine groups is 1. The lowest BCUT2D eigenvalue weighted by atomic mass is 9.96. The van der Waals surface area contributed by atoms with E-state index in [1.54, 1.807) is 30.6 Å². The van der Waals surface area contributed by atoms with Crippen LogP contribution in [0, 0.1) is 5.41 Å². The molecule has 0 saturated heterocycles. The second kappa shape index (κ2) is 5.89. The number of nitrogens with zero attached hydrogens (tertiary/aromatic N) is 3.